The van der Waals surface area contributed by atoms with E-state index in [1.165, 1.54) is 0 Å². The Hall–Kier alpha value is -1.55. The Morgan fingerprint density at radius 3 is 3.00 bits per heavy atom. The highest BCUT2D eigenvalue weighted by atomic mass is 35.5. The average molecular weight is 246 g/mol. The van der Waals surface area contributed by atoms with Crippen molar-refractivity contribution in [2.24, 2.45) is 5.89 Å². The molecule has 0 fully saturated rings. The van der Waals surface area contributed by atoms with Crippen molar-refractivity contribution in [2.45, 2.75) is 13.3 Å². The lowest BCUT2D eigenvalue weighted by Crippen LogP contribution is -2.15. The number of hydrogen-bond acceptors (Lipinski definition) is 3. The first-order valence-electron chi connectivity index (χ1n) is 6.34. The highest BCUT2D eigenvalue weighted by molar-refractivity contribution is 6.31. The fourth-order valence-corrected chi connectivity index (χ4v) is 1.13. The van der Waals surface area contributed by atoms with Gasteiger partial charge in [-0.2, -0.15) is 0 Å². The van der Waals surface area contributed by atoms with E-state index in [0.29, 0.717) is 0 Å². The molecular weight excluding hydrogens is 230 g/mol. The Morgan fingerprint density at radius 1 is 1.81 bits per heavy atom. The minimum Gasteiger partial charge on any atom is -0.481 e. The maximum atomic E-state index is 12.1. The van der Waals surface area contributed by atoms with Crippen molar-refractivity contribution in [1.29, 1.82) is 0 Å². The number of carbonyl (C=O) groups excluding carboxylic acids is 1. The molecule has 0 aromatic heterocycles. The van der Waals surface area contributed by atoms with E-state index in [4.69, 9.17) is 27.9 Å². The number of carboxylic acid groups (broad SMARTS) is 1. The summed E-state index contributed by atoms with van der Waals surface area (Å²) in [6.07, 6.45) is -1.98. The van der Waals surface area contributed by atoms with Crippen LogP contribution in [0.25, 0.3) is 0 Å². The summed E-state index contributed by atoms with van der Waals surface area (Å²) in [5, 5.41) is 8.72. The summed E-state index contributed by atoms with van der Waals surface area (Å²) in [5.41, 5.74) is 4.68. The first-order valence-corrected chi connectivity index (χ1v) is 4.64. The van der Waals surface area contributed by atoms with E-state index >= 15 is 0 Å². The zero-order valence-electron chi connectivity index (χ0n) is 12.4. The summed E-state index contributed by atoms with van der Waals surface area (Å²) >= 11 is 5.64. The van der Waals surface area contributed by atoms with E-state index in [9.17, 15) is 9.59 Å². The molecular formula is C11H12ClNO3. The molecule has 0 amide bonds. The first kappa shape index (κ1) is 7.68. The number of nitrogen functional groups attached to an aromatic ring is 1. The molecule has 0 heterocycles. The highest BCUT2D eigenvalue weighted by Crippen LogP contribution is 2.20. The molecule has 5 heteroatoms. The van der Waals surface area contributed by atoms with Gasteiger partial charge in [-0.3, -0.25) is 9.59 Å². The molecule has 0 spiro atoms. The normalized spacial score (nSPS) is 19.6. The Balaban J connectivity index is 3.37. The fraction of sp³-hybridized carbons (Fsp3) is 0.273. The highest BCUT2D eigenvalue weighted by Gasteiger charge is 2.18. The van der Waals surface area contributed by atoms with E-state index in [0.717, 1.165) is 13.0 Å². The maximum absolute atomic E-state index is 12.1. The third-order valence-electron chi connectivity index (χ3n) is 1.80. The summed E-state index contributed by atoms with van der Waals surface area (Å²) in [4.78, 5) is 23.0. The molecule has 1 aromatic carbocycles. The minimum atomic E-state index is -2.39. The fourth-order valence-electron chi connectivity index (χ4n) is 0.975. The molecule has 0 aliphatic heterocycles. The molecule has 4 nitrogen and oxygen atoms in total. The average Bonchev–Trinajstić information content (AvgIpc) is 2.34. The SMILES string of the molecule is [2H]c1cc(Cl)c([2H])c(N)c1C(=O)C([2H])C([2H])(C)C(=O)O. The zero-order chi connectivity index (χ0) is 15.8. The van der Waals surface area contributed by atoms with Gasteiger partial charge in [-0.05, 0) is 18.2 Å². The van der Waals surface area contributed by atoms with Crippen LogP contribution in [0.5, 0.6) is 0 Å². The Morgan fingerprint density at radius 2 is 2.44 bits per heavy atom. The van der Waals surface area contributed by atoms with Crippen LogP contribution in [-0.2, 0) is 4.79 Å². The predicted octanol–water partition coefficient (Wildman–Crippen LogP) is 2.22. The van der Waals surface area contributed by atoms with Crippen LogP contribution in [0.4, 0.5) is 5.69 Å². The minimum absolute atomic E-state index is 0.127. The topological polar surface area (TPSA) is 80.4 Å². The van der Waals surface area contributed by atoms with Crippen LogP contribution in [0.3, 0.4) is 0 Å². The predicted molar refractivity (Wildman–Crippen MR) is 61.6 cm³/mol. The molecule has 3 N–H and O–H groups in total. The number of rotatable bonds is 4. The molecule has 0 radical (unpaired) electrons. The van der Waals surface area contributed by atoms with Gasteiger partial charge < -0.3 is 10.8 Å². The van der Waals surface area contributed by atoms with Crippen LogP contribution < -0.4 is 5.73 Å². The molecule has 0 bridgehead atoms. The standard InChI is InChI=1S/C11H12ClNO3/c1-6(11(15)16)4-10(14)8-3-2-7(12)5-9(8)13/h2-3,5-6H,4,13H2,1H3,(H,15,16)/i3D,4D,5D,6D. The van der Waals surface area contributed by atoms with Crippen LogP contribution in [0.1, 0.15) is 29.2 Å². The molecule has 16 heavy (non-hydrogen) atoms. The summed E-state index contributed by atoms with van der Waals surface area (Å²) in [5.74, 6) is -5.13. The summed E-state index contributed by atoms with van der Waals surface area (Å²) in [6.45, 7) is 0.905. The van der Waals surface area contributed by atoms with Crippen molar-refractivity contribution in [3.8, 4) is 0 Å². The molecule has 0 saturated carbocycles. The molecule has 2 unspecified atom stereocenters. The van der Waals surface area contributed by atoms with Gasteiger partial charge in [0.1, 0.15) is 0 Å². The molecule has 1 aromatic rings. The second kappa shape index (κ2) is 4.99. The first-order chi connectivity index (χ1) is 9.01. The van der Waals surface area contributed by atoms with Crippen LogP contribution in [-0.4, -0.2) is 16.9 Å². The number of benzene rings is 1. The third kappa shape index (κ3) is 2.97. The van der Waals surface area contributed by atoms with Crippen LogP contribution >= 0.6 is 11.6 Å². The summed E-state index contributed by atoms with van der Waals surface area (Å²) < 4.78 is 30.3. The number of anilines is 1. The monoisotopic (exact) mass is 245 g/mol. The molecule has 0 aliphatic carbocycles. The maximum Gasteiger partial charge on any atom is 0.306 e. The van der Waals surface area contributed by atoms with Crippen LogP contribution in [0, 0.1) is 5.89 Å². The van der Waals surface area contributed by atoms with Gasteiger partial charge in [0.2, 0.25) is 0 Å². The zero-order valence-corrected chi connectivity index (χ0v) is 9.13. The smallest absolute Gasteiger partial charge is 0.306 e. The summed E-state index contributed by atoms with van der Waals surface area (Å²) in [7, 11) is 0. The number of aliphatic carboxylic acids is 1. The lowest BCUT2D eigenvalue weighted by atomic mass is 9.99. The molecule has 86 valence electrons. The van der Waals surface area contributed by atoms with Crippen molar-refractivity contribution in [3.63, 3.8) is 0 Å². The van der Waals surface area contributed by atoms with Crippen molar-refractivity contribution in [2.75, 3.05) is 5.73 Å². The number of ketones is 1. The van der Waals surface area contributed by atoms with Gasteiger partial charge in [-0.25, -0.2) is 0 Å². The Bertz CT molecular complexity index is 592. The van der Waals surface area contributed by atoms with Gasteiger partial charge in [-0.15, -0.1) is 0 Å². The van der Waals surface area contributed by atoms with Crippen molar-refractivity contribution in [1.82, 2.24) is 0 Å². The quantitative estimate of drug-likeness (QED) is 0.630. The van der Waals surface area contributed by atoms with E-state index in [1.807, 2.05) is 0 Å². The number of carbonyl (C=O) groups is 2. The van der Waals surface area contributed by atoms with E-state index in [-0.39, 0.29) is 11.1 Å². The number of carboxylic acids is 1. The van der Waals surface area contributed by atoms with Crippen molar-refractivity contribution >= 4 is 29.0 Å². The molecule has 2 atom stereocenters. The van der Waals surface area contributed by atoms with E-state index in [1.54, 1.807) is 0 Å². The lowest BCUT2D eigenvalue weighted by molar-refractivity contribution is -0.141. The van der Waals surface area contributed by atoms with Gasteiger partial charge >= 0.3 is 5.97 Å². The Labute approximate surface area is 104 Å². The second-order valence-corrected chi connectivity index (χ2v) is 3.45. The number of hydrogen-bond donors (Lipinski definition) is 2. The largest absolute Gasteiger partial charge is 0.481 e. The van der Waals surface area contributed by atoms with Gasteiger partial charge in [0.05, 0.1) is 8.64 Å². The van der Waals surface area contributed by atoms with E-state index in [2.05, 4.69) is 0 Å². The van der Waals surface area contributed by atoms with Gasteiger partial charge in [0, 0.05) is 25.4 Å². The van der Waals surface area contributed by atoms with Gasteiger partial charge in [-0.1, -0.05) is 18.5 Å². The molecule has 0 aliphatic rings. The number of Topliss-reactive ketones (excluding diaryl/α,β-unsaturated/α-hetero) is 1. The number of halogens is 1. The van der Waals surface area contributed by atoms with Crippen LogP contribution in [0.2, 0.25) is 5.02 Å². The third-order valence-corrected chi connectivity index (χ3v) is 2.00. The van der Waals surface area contributed by atoms with E-state index < -0.39 is 41.3 Å². The van der Waals surface area contributed by atoms with Gasteiger partial charge in [0.25, 0.3) is 0 Å². The second-order valence-electron chi connectivity index (χ2n) is 3.05. The van der Waals surface area contributed by atoms with Crippen molar-refractivity contribution in [3.05, 3.63) is 28.7 Å². The molecule has 1 rings (SSSR count). The summed E-state index contributed by atoms with van der Waals surface area (Å²) in [6, 6.07) is 0.231. The lowest BCUT2D eigenvalue weighted by Gasteiger charge is -2.07. The number of nitrogens with two attached hydrogens (primary N) is 1. The molecule has 0 saturated heterocycles. The van der Waals surface area contributed by atoms with Gasteiger partial charge in [0.15, 0.2) is 5.78 Å². The Kier molecular flexibility index (Phi) is 2.39. The van der Waals surface area contributed by atoms with Crippen molar-refractivity contribution < 1.29 is 20.2 Å². The van der Waals surface area contributed by atoms with Crippen LogP contribution in [0.15, 0.2) is 18.2 Å².